The zero-order valence-electron chi connectivity index (χ0n) is 17.4. The van der Waals surface area contributed by atoms with E-state index in [2.05, 4.69) is 10.2 Å². The summed E-state index contributed by atoms with van der Waals surface area (Å²) in [6.07, 6.45) is 0. The molecule has 156 valence electrons. The molecule has 0 atom stereocenters. The van der Waals surface area contributed by atoms with Gasteiger partial charge in [0.2, 0.25) is 11.8 Å². The lowest BCUT2D eigenvalue weighted by Crippen LogP contribution is -2.33. The molecule has 1 aromatic heterocycles. The average molecular weight is 430 g/mol. The predicted octanol–water partition coefficient (Wildman–Crippen LogP) is 5.39. The highest BCUT2D eigenvalue weighted by atomic mass is 32.2. The van der Waals surface area contributed by atoms with Crippen molar-refractivity contribution in [2.75, 3.05) is 12.8 Å². The number of thioether (sulfide) groups is 1. The van der Waals surface area contributed by atoms with Crippen LogP contribution in [0, 0.1) is 6.92 Å². The van der Waals surface area contributed by atoms with Gasteiger partial charge in [-0.3, -0.25) is 4.79 Å². The van der Waals surface area contributed by atoms with Crippen molar-refractivity contribution in [3.63, 3.8) is 0 Å². The Morgan fingerprint density at radius 3 is 2.06 bits per heavy atom. The molecule has 31 heavy (non-hydrogen) atoms. The van der Waals surface area contributed by atoms with Gasteiger partial charge in [0.25, 0.3) is 5.22 Å². The number of amides is 1. The number of hydrogen-bond acceptors (Lipinski definition) is 5. The molecule has 5 nitrogen and oxygen atoms in total. The van der Waals surface area contributed by atoms with Gasteiger partial charge in [0, 0.05) is 12.6 Å². The van der Waals surface area contributed by atoms with Crippen LogP contribution in [0.25, 0.3) is 11.5 Å². The molecule has 6 heteroatoms. The monoisotopic (exact) mass is 429 g/mol. The Labute approximate surface area is 186 Å². The third kappa shape index (κ3) is 5.03. The van der Waals surface area contributed by atoms with Crippen molar-refractivity contribution >= 4 is 17.7 Å². The molecule has 0 aliphatic heterocycles. The lowest BCUT2D eigenvalue weighted by Gasteiger charge is -2.29. The van der Waals surface area contributed by atoms with Gasteiger partial charge in [0.15, 0.2) is 0 Å². The molecular weight excluding hydrogens is 406 g/mol. The van der Waals surface area contributed by atoms with E-state index in [4.69, 9.17) is 4.42 Å². The second-order valence-electron chi connectivity index (χ2n) is 7.26. The Kier molecular flexibility index (Phi) is 6.48. The Morgan fingerprint density at radius 1 is 0.903 bits per heavy atom. The molecule has 0 fully saturated rings. The third-order valence-electron chi connectivity index (χ3n) is 5.04. The first-order valence-electron chi connectivity index (χ1n) is 10.0. The van der Waals surface area contributed by atoms with Crippen LogP contribution in [0.15, 0.2) is 94.6 Å². The molecule has 0 N–H and O–H groups in total. The summed E-state index contributed by atoms with van der Waals surface area (Å²) in [4.78, 5) is 14.8. The maximum Gasteiger partial charge on any atom is 0.277 e. The first-order chi connectivity index (χ1) is 15.1. The lowest BCUT2D eigenvalue weighted by atomic mass is 9.97. The van der Waals surface area contributed by atoms with E-state index in [1.807, 2.05) is 98.9 Å². The fraction of sp³-hybridized carbons (Fsp3) is 0.160. The van der Waals surface area contributed by atoms with Crippen molar-refractivity contribution in [1.29, 1.82) is 0 Å². The van der Waals surface area contributed by atoms with Crippen LogP contribution in [0.2, 0.25) is 0 Å². The van der Waals surface area contributed by atoms with Crippen LogP contribution in [-0.2, 0) is 4.79 Å². The SMILES string of the molecule is Cc1ccc(-c2nnc(SCC(=O)N(C)C(c3ccccc3)c3ccccc3)o2)cc1. The van der Waals surface area contributed by atoms with Crippen LogP contribution in [0.5, 0.6) is 0 Å². The fourth-order valence-electron chi connectivity index (χ4n) is 3.36. The minimum Gasteiger partial charge on any atom is -0.411 e. The molecule has 1 amide bonds. The van der Waals surface area contributed by atoms with Gasteiger partial charge >= 0.3 is 0 Å². The van der Waals surface area contributed by atoms with Crippen LogP contribution in [0.3, 0.4) is 0 Å². The zero-order chi connectivity index (χ0) is 21.6. The van der Waals surface area contributed by atoms with Gasteiger partial charge < -0.3 is 9.32 Å². The number of nitrogens with zero attached hydrogens (tertiary/aromatic N) is 3. The standard InChI is InChI=1S/C25H23N3O2S/c1-18-13-15-21(16-14-18)24-26-27-25(30-24)31-17-22(29)28(2)23(19-9-5-3-6-10-19)20-11-7-4-8-12-20/h3-16,23H,17H2,1-2H3. The second kappa shape index (κ2) is 9.62. The van der Waals surface area contributed by atoms with Crippen LogP contribution < -0.4 is 0 Å². The maximum absolute atomic E-state index is 13.0. The summed E-state index contributed by atoms with van der Waals surface area (Å²) in [5, 5.41) is 8.57. The predicted molar refractivity (Wildman–Crippen MR) is 123 cm³/mol. The van der Waals surface area contributed by atoms with Crippen molar-refractivity contribution < 1.29 is 9.21 Å². The average Bonchev–Trinajstić information content (AvgIpc) is 3.28. The number of aryl methyl sites for hydroxylation is 1. The van der Waals surface area contributed by atoms with Crippen LogP contribution in [0.4, 0.5) is 0 Å². The molecule has 4 rings (SSSR count). The maximum atomic E-state index is 13.0. The number of carbonyl (C=O) groups excluding carboxylic acids is 1. The summed E-state index contributed by atoms with van der Waals surface area (Å²) in [5.41, 5.74) is 4.16. The Balaban J connectivity index is 1.46. The first kappa shape index (κ1) is 20.9. The summed E-state index contributed by atoms with van der Waals surface area (Å²) < 4.78 is 5.74. The van der Waals surface area contributed by atoms with Crippen molar-refractivity contribution in [2.24, 2.45) is 0 Å². The van der Waals surface area contributed by atoms with Crippen molar-refractivity contribution in [3.8, 4) is 11.5 Å². The summed E-state index contributed by atoms with van der Waals surface area (Å²) in [5.74, 6) is 0.648. The highest BCUT2D eigenvalue weighted by Crippen LogP contribution is 2.29. The van der Waals surface area contributed by atoms with Crippen LogP contribution >= 0.6 is 11.8 Å². The number of rotatable bonds is 7. The van der Waals surface area contributed by atoms with E-state index in [1.54, 1.807) is 4.90 Å². The quantitative estimate of drug-likeness (QED) is 0.369. The molecule has 0 saturated heterocycles. The summed E-state index contributed by atoms with van der Waals surface area (Å²) in [7, 11) is 1.83. The smallest absolute Gasteiger partial charge is 0.277 e. The topological polar surface area (TPSA) is 59.2 Å². The van der Waals surface area contributed by atoms with Gasteiger partial charge in [0.05, 0.1) is 11.8 Å². The Morgan fingerprint density at radius 2 is 1.48 bits per heavy atom. The number of benzene rings is 3. The molecule has 0 unspecified atom stereocenters. The fourth-order valence-corrected chi connectivity index (χ4v) is 4.05. The molecular formula is C25H23N3O2S. The van der Waals surface area contributed by atoms with E-state index >= 15 is 0 Å². The minimum atomic E-state index is -0.165. The molecule has 3 aromatic carbocycles. The van der Waals surface area contributed by atoms with Crippen LogP contribution in [0.1, 0.15) is 22.7 Å². The number of carbonyl (C=O) groups is 1. The number of hydrogen-bond donors (Lipinski definition) is 0. The van der Waals surface area contributed by atoms with E-state index < -0.39 is 0 Å². The molecule has 0 aliphatic carbocycles. The summed E-state index contributed by atoms with van der Waals surface area (Å²) in [6.45, 7) is 2.03. The Hall–Kier alpha value is -3.38. The third-order valence-corrected chi connectivity index (χ3v) is 5.84. The second-order valence-corrected chi connectivity index (χ2v) is 8.18. The van der Waals surface area contributed by atoms with E-state index in [9.17, 15) is 4.79 Å². The first-order valence-corrected chi connectivity index (χ1v) is 11.0. The molecule has 0 radical (unpaired) electrons. The van der Waals surface area contributed by atoms with E-state index in [0.29, 0.717) is 11.1 Å². The van der Waals surface area contributed by atoms with Gasteiger partial charge in [-0.2, -0.15) is 0 Å². The molecule has 4 aromatic rings. The molecule has 0 spiro atoms. The zero-order valence-corrected chi connectivity index (χ0v) is 18.3. The van der Waals surface area contributed by atoms with E-state index in [1.165, 1.54) is 11.8 Å². The molecule has 0 saturated carbocycles. The van der Waals surface area contributed by atoms with E-state index in [0.717, 1.165) is 22.3 Å². The minimum absolute atomic E-state index is 0.0159. The highest BCUT2D eigenvalue weighted by Gasteiger charge is 2.24. The highest BCUT2D eigenvalue weighted by molar-refractivity contribution is 7.99. The van der Waals surface area contributed by atoms with Crippen molar-refractivity contribution in [2.45, 2.75) is 18.2 Å². The molecule has 0 aliphatic rings. The van der Waals surface area contributed by atoms with Gasteiger partial charge in [-0.1, -0.05) is 90.1 Å². The molecule has 0 bridgehead atoms. The number of aromatic nitrogens is 2. The van der Waals surface area contributed by atoms with Gasteiger partial charge in [0.1, 0.15) is 0 Å². The van der Waals surface area contributed by atoms with Crippen molar-refractivity contribution in [1.82, 2.24) is 15.1 Å². The van der Waals surface area contributed by atoms with Gasteiger partial charge in [-0.05, 0) is 30.2 Å². The van der Waals surface area contributed by atoms with Gasteiger partial charge in [-0.15, -0.1) is 10.2 Å². The van der Waals surface area contributed by atoms with Crippen LogP contribution in [-0.4, -0.2) is 33.8 Å². The Bertz CT molecular complexity index is 1090. The summed E-state index contributed by atoms with van der Waals surface area (Å²) >= 11 is 1.25. The van der Waals surface area contributed by atoms with Gasteiger partial charge in [-0.25, -0.2) is 0 Å². The normalized spacial score (nSPS) is 10.9. The van der Waals surface area contributed by atoms with Crippen molar-refractivity contribution in [3.05, 3.63) is 102 Å². The molecule has 1 heterocycles. The largest absolute Gasteiger partial charge is 0.411 e. The summed E-state index contributed by atoms with van der Waals surface area (Å²) in [6, 6.07) is 27.8. The lowest BCUT2D eigenvalue weighted by molar-refractivity contribution is -0.128. The van der Waals surface area contributed by atoms with E-state index in [-0.39, 0.29) is 17.7 Å².